The maximum absolute atomic E-state index is 13.1. The molecule has 2 rings (SSSR count). The van der Waals surface area contributed by atoms with Crippen molar-refractivity contribution < 1.29 is 19.1 Å². The molecule has 84 valence electrons. The molecule has 1 N–H and O–H groups in total. The minimum atomic E-state index is -1.23. The first-order chi connectivity index (χ1) is 7.59. The van der Waals surface area contributed by atoms with Gasteiger partial charge < -0.3 is 15.2 Å². The Bertz CT molecular complexity index is 447. The molecular weight excluding hydrogens is 213 g/mol. The zero-order valence-electron chi connectivity index (χ0n) is 8.27. The van der Waals surface area contributed by atoms with Gasteiger partial charge in [-0.1, -0.05) is 12.1 Å². The number of carboxylic acid groups (broad SMARTS) is 1. The van der Waals surface area contributed by atoms with Gasteiger partial charge in [0, 0.05) is 17.8 Å². The molecule has 0 aliphatic heterocycles. The van der Waals surface area contributed by atoms with Crippen LogP contribution in [0.2, 0.25) is 0 Å². The monoisotopic (exact) mass is 222 g/mol. The summed E-state index contributed by atoms with van der Waals surface area (Å²) in [6, 6.07) is 5.73. The molecule has 1 amide bonds. The summed E-state index contributed by atoms with van der Waals surface area (Å²) >= 11 is 0. The molecule has 0 unspecified atom stereocenters. The van der Waals surface area contributed by atoms with Gasteiger partial charge in [-0.3, -0.25) is 4.79 Å². The maximum Gasteiger partial charge on any atom is 0.228 e. The van der Waals surface area contributed by atoms with Crippen LogP contribution in [0.15, 0.2) is 24.3 Å². The Morgan fingerprint density at radius 3 is 2.56 bits per heavy atom. The van der Waals surface area contributed by atoms with Crippen LogP contribution in [0, 0.1) is 17.7 Å². The molecule has 0 radical (unpaired) electrons. The average Bonchev–Trinajstić information content (AvgIpc) is 3.01. The van der Waals surface area contributed by atoms with E-state index in [1.807, 2.05) is 0 Å². The minimum Gasteiger partial charge on any atom is -0.550 e. The predicted molar refractivity (Wildman–Crippen MR) is 51.6 cm³/mol. The number of rotatable bonds is 3. The summed E-state index contributed by atoms with van der Waals surface area (Å²) in [6.45, 7) is 0. The lowest BCUT2D eigenvalue weighted by atomic mass is 10.2. The fourth-order valence-corrected chi connectivity index (χ4v) is 1.53. The van der Waals surface area contributed by atoms with E-state index in [0.717, 1.165) is 0 Å². The Labute approximate surface area is 91.1 Å². The van der Waals surface area contributed by atoms with Crippen molar-refractivity contribution in [1.82, 2.24) is 0 Å². The van der Waals surface area contributed by atoms with Gasteiger partial charge in [0.2, 0.25) is 5.91 Å². The van der Waals surface area contributed by atoms with Crippen molar-refractivity contribution in [2.45, 2.75) is 6.42 Å². The van der Waals surface area contributed by atoms with Crippen LogP contribution in [-0.4, -0.2) is 11.9 Å². The highest BCUT2D eigenvalue weighted by molar-refractivity contribution is 5.97. The maximum atomic E-state index is 13.1. The number of hydrogen-bond acceptors (Lipinski definition) is 3. The third-order valence-corrected chi connectivity index (χ3v) is 2.56. The number of hydrogen-bond donors (Lipinski definition) is 1. The molecule has 1 fully saturated rings. The number of carbonyl (C=O) groups excluding carboxylic acids is 2. The highest BCUT2D eigenvalue weighted by atomic mass is 19.1. The van der Waals surface area contributed by atoms with Gasteiger partial charge in [0.15, 0.2) is 0 Å². The van der Waals surface area contributed by atoms with Gasteiger partial charge in [-0.15, -0.1) is 0 Å². The van der Waals surface area contributed by atoms with E-state index in [4.69, 9.17) is 0 Å². The highest BCUT2D eigenvalue weighted by Crippen LogP contribution is 2.38. The number of carboxylic acids is 1. The number of carbonyl (C=O) groups is 2. The predicted octanol–water partition coefficient (Wildman–Crippen LogP) is 0.150. The summed E-state index contributed by atoms with van der Waals surface area (Å²) in [5.41, 5.74) is 0.0662. The van der Waals surface area contributed by atoms with Crippen LogP contribution in [0.25, 0.3) is 0 Å². The number of halogens is 1. The Hall–Kier alpha value is -1.91. The van der Waals surface area contributed by atoms with Crippen molar-refractivity contribution >= 4 is 17.6 Å². The Balaban J connectivity index is 1.99. The standard InChI is InChI=1S/C11H10FNO3/c12-8-3-1-2-4-9(8)13-10(14)6-5-7(6)11(15)16/h1-4,6-7H,5H2,(H,13,14)(H,15,16)/p-1/t6-,7+/m1/s1. The van der Waals surface area contributed by atoms with Crippen molar-refractivity contribution in [2.75, 3.05) is 5.32 Å². The average molecular weight is 222 g/mol. The SMILES string of the molecule is O=C([O-])[C@H]1C[C@H]1C(=O)Nc1ccccc1F. The van der Waals surface area contributed by atoms with Crippen LogP contribution in [0.3, 0.4) is 0 Å². The Morgan fingerprint density at radius 2 is 2.00 bits per heavy atom. The van der Waals surface area contributed by atoms with Gasteiger partial charge >= 0.3 is 0 Å². The molecule has 1 aliphatic carbocycles. The van der Waals surface area contributed by atoms with Crippen LogP contribution >= 0.6 is 0 Å². The van der Waals surface area contributed by atoms with Crippen LogP contribution < -0.4 is 10.4 Å². The summed E-state index contributed by atoms with van der Waals surface area (Å²) < 4.78 is 13.1. The van der Waals surface area contributed by atoms with Gasteiger partial charge in [0.05, 0.1) is 5.69 Å². The van der Waals surface area contributed by atoms with E-state index in [0.29, 0.717) is 0 Å². The van der Waals surface area contributed by atoms with Gasteiger partial charge in [-0.2, -0.15) is 0 Å². The summed E-state index contributed by atoms with van der Waals surface area (Å²) in [7, 11) is 0. The van der Waals surface area contributed by atoms with E-state index in [9.17, 15) is 19.1 Å². The van der Waals surface area contributed by atoms with Crippen LogP contribution in [0.4, 0.5) is 10.1 Å². The zero-order valence-corrected chi connectivity index (χ0v) is 8.27. The fourth-order valence-electron chi connectivity index (χ4n) is 1.53. The first-order valence-electron chi connectivity index (χ1n) is 4.86. The number of benzene rings is 1. The van der Waals surface area contributed by atoms with E-state index in [2.05, 4.69) is 5.32 Å². The molecule has 0 heterocycles. The fraction of sp³-hybridized carbons (Fsp3) is 0.273. The van der Waals surface area contributed by atoms with Crippen molar-refractivity contribution in [3.63, 3.8) is 0 Å². The van der Waals surface area contributed by atoms with Gasteiger partial charge in [0.25, 0.3) is 0 Å². The second-order valence-electron chi connectivity index (χ2n) is 3.74. The number of nitrogens with one attached hydrogen (secondary N) is 1. The molecular formula is C11H9FNO3-. The summed E-state index contributed by atoms with van der Waals surface area (Å²) in [5, 5.41) is 12.8. The lowest BCUT2D eigenvalue weighted by molar-refractivity contribution is -0.308. The van der Waals surface area contributed by atoms with E-state index in [1.54, 1.807) is 6.07 Å². The largest absolute Gasteiger partial charge is 0.550 e. The quantitative estimate of drug-likeness (QED) is 0.791. The molecule has 5 heteroatoms. The van der Waals surface area contributed by atoms with Crippen molar-refractivity contribution in [1.29, 1.82) is 0 Å². The van der Waals surface area contributed by atoms with E-state index < -0.39 is 29.5 Å². The highest BCUT2D eigenvalue weighted by Gasteiger charge is 2.44. The van der Waals surface area contributed by atoms with Crippen LogP contribution in [0.5, 0.6) is 0 Å². The molecule has 0 aromatic heterocycles. The van der Waals surface area contributed by atoms with Crippen molar-refractivity contribution in [2.24, 2.45) is 11.8 Å². The number of amides is 1. The van der Waals surface area contributed by atoms with Crippen molar-refractivity contribution in [3.8, 4) is 0 Å². The molecule has 0 spiro atoms. The summed E-state index contributed by atoms with van der Waals surface area (Å²) in [6.07, 6.45) is 0.266. The molecule has 1 aromatic carbocycles. The van der Waals surface area contributed by atoms with E-state index >= 15 is 0 Å². The lowest BCUT2D eigenvalue weighted by Gasteiger charge is -2.05. The summed E-state index contributed by atoms with van der Waals surface area (Å²) in [5.74, 6) is -3.56. The zero-order chi connectivity index (χ0) is 11.7. The first kappa shape index (κ1) is 10.6. The molecule has 4 nitrogen and oxygen atoms in total. The van der Waals surface area contributed by atoms with Crippen molar-refractivity contribution in [3.05, 3.63) is 30.1 Å². The molecule has 0 bridgehead atoms. The number of para-hydroxylation sites is 1. The van der Waals surface area contributed by atoms with Crippen LogP contribution in [0.1, 0.15) is 6.42 Å². The third-order valence-electron chi connectivity index (χ3n) is 2.56. The third kappa shape index (κ3) is 2.03. The normalized spacial score (nSPS) is 22.6. The molecule has 1 saturated carbocycles. The molecule has 0 saturated heterocycles. The van der Waals surface area contributed by atoms with Gasteiger partial charge in [-0.05, 0) is 18.6 Å². The van der Waals surface area contributed by atoms with Crippen LogP contribution in [-0.2, 0) is 9.59 Å². The van der Waals surface area contributed by atoms with E-state index in [-0.39, 0.29) is 12.1 Å². The second-order valence-corrected chi connectivity index (χ2v) is 3.74. The molecule has 1 aromatic rings. The van der Waals surface area contributed by atoms with Gasteiger partial charge in [-0.25, -0.2) is 4.39 Å². The summed E-state index contributed by atoms with van der Waals surface area (Å²) in [4.78, 5) is 21.9. The second kappa shape index (κ2) is 3.92. The Morgan fingerprint density at radius 1 is 1.31 bits per heavy atom. The minimum absolute atomic E-state index is 0.0662. The van der Waals surface area contributed by atoms with E-state index in [1.165, 1.54) is 18.2 Å². The first-order valence-corrected chi connectivity index (χ1v) is 4.86. The molecule has 1 aliphatic rings. The van der Waals surface area contributed by atoms with Gasteiger partial charge in [0.1, 0.15) is 5.82 Å². The smallest absolute Gasteiger partial charge is 0.228 e. The topological polar surface area (TPSA) is 69.2 Å². The molecule has 16 heavy (non-hydrogen) atoms. The molecule has 2 atom stereocenters. The lowest BCUT2D eigenvalue weighted by Crippen LogP contribution is -2.27. The Kier molecular flexibility index (Phi) is 2.60. The number of aliphatic carboxylic acids is 1. The number of anilines is 1.